The molecule has 6 heteroatoms. The van der Waals surface area contributed by atoms with Crippen LogP contribution < -0.4 is 5.73 Å². The summed E-state index contributed by atoms with van der Waals surface area (Å²) < 4.78 is 5.17. The lowest BCUT2D eigenvalue weighted by Gasteiger charge is -2.07. The smallest absolute Gasteiger partial charge is 0.340 e. The zero-order valence-electron chi connectivity index (χ0n) is 11.4. The molecule has 0 saturated heterocycles. The van der Waals surface area contributed by atoms with Crippen LogP contribution in [0.25, 0.3) is 0 Å². The zero-order valence-corrected chi connectivity index (χ0v) is 11.4. The molecular weight excluding hydrogens is 272 g/mol. The second-order valence-electron chi connectivity index (χ2n) is 4.48. The Morgan fingerprint density at radius 2 is 1.95 bits per heavy atom. The lowest BCUT2D eigenvalue weighted by Crippen LogP contribution is -2.09. The van der Waals surface area contributed by atoms with Gasteiger partial charge in [-0.25, -0.2) is 9.59 Å². The van der Waals surface area contributed by atoms with Gasteiger partial charge in [0.25, 0.3) is 0 Å². The first kappa shape index (κ1) is 14.5. The van der Waals surface area contributed by atoms with Gasteiger partial charge >= 0.3 is 11.9 Å². The molecule has 0 spiro atoms. The van der Waals surface area contributed by atoms with Gasteiger partial charge in [0.2, 0.25) is 0 Å². The van der Waals surface area contributed by atoms with E-state index < -0.39 is 11.9 Å². The Balaban J connectivity index is 2.04. The van der Waals surface area contributed by atoms with Crippen molar-refractivity contribution in [2.75, 3.05) is 5.73 Å². The minimum absolute atomic E-state index is 0.0486. The number of aromatic nitrogens is 1. The van der Waals surface area contributed by atoms with Gasteiger partial charge < -0.3 is 15.6 Å². The van der Waals surface area contributed by atoms with E-state index >= 15 is 0 Å². The highest BCUT2D eigenvalue weighted by atomic mass is 16.5. The molecule has 0 aliphatic heterocycles. The molecule has 0 aliphatic carbocycles. The lowest BCUT2D eigenvalue weighted by molar-refractivity contribution is 0.0470. The standard InChI is InChI=1S/C15H14N2O4/c1-9-13(6-12(16)7-17-9)15(20)21-8-10-2-4-11(5-3-10)14(18)19/h2-7H,8,16H2,1H3,(H,18,19). The third-order valence-electron chi connectivity index (χ3n) is 2.90. The van der Waals surface area contributed by atoms with Crippen molar-refractivity contribution < 1.29 is 19.4 Å². The predicted molar refractivity (Wildman–Crippen MR) is 75.9 cm³/mol. The summed E-state index contributed by atoms with van der Waals surface area (Å²) in [6.07, 6.45) is 1.47. The molecule has 0 radical (unpaired) electrons. The highest BCUT2D eigenvalue weighted by Gasteiger charge is 2.12. The largest absolute Gasteiger partial charge is 0.478 e. The molecule has 1 aromatic heterocycles. The van der Waals surface area contributed by atoms with E-state index in [9.17, 15) is 9.59 Å². The number of pyridine rings is 1. The fourth-order valence-corrected chi connectivity index (χ4v) is 1.73. The molecular formula is C15H14N2O4. The molecule has 6 nitrogen and oxygen atoms in total. The summed E-state index contributed by atoms with van der Waals surface area (Å²) in [4.78, 5) is 26.7. The Morgan fingerprint density at radius 1 is 1.29 bits per heavy atom. The number of carboxylic acid groups (broad SMARTS) is 1. The van der Waals surface area contributed by atoms with E-state index in [1.165, 1.54) is 24.4 Å². The minimum Gasteiger partial charge on any atom is -0.478 e. The van der Waals surface area contributed by atoms with Gasteiger partial charge in [-0.1, -0.05) is 12.1 Å². The van der Waals surface area contributed by atoms with Crippen LogP contribution in [0.3, 0.4) is 0 Å². The van der Waals surface area contributed by atoms with Gasteiger partial charge in [-0.2, -0.15) is 0 Å². The van der Waals surface area contributed by atoms with Gasteiger partial charge in [0.15, 0.2) is 0 Å². The maximum atomic E-state index is 12.0. The van der Waals surface area contributed by atoms with Crippen LogP contribution >= 0.6 is 0 Å². The maximum Gasteiger partial charge on any atom is 0.340 e. The summed E-state index contributed by atoms with van der Waals surface area (Å²) in [7, 11) is 0. The van der Waals surface area contributed by atoms with E-state index in [4.69, 9.17) is 15.6 Å². The number of nitrogen functional groups attached to an aromatic ring is 1. The van der Waals surface area contributed by atoms with Crippen molar-refractivity contribution >= 4 is 17.6 Å². The van der Waals surface area contributed by atoms with Crippen LogP contribution in [-0.4, -0.2) is 22.0 Å². The van der Waals surface area contributed by atoms with Crippen molar-refractivity contribution in [1.82, 2.24) is 4.98 Å². The zero-order chi connectivity index (χ0) is 15.4. The van der Waals surface area contributed by atoms with E-state index in [-0.39, 0.29) is 12.2 Å². The third kappa shape index (κ3) is 3.56. The van der Waals surface area contributed by atoms with Crippen LogP contribution in [0, 0.1) is 6.92 Å². The van der Waals surface area contributed by atoms with E-state index in [0.29, 0.717) is 22.5 Å². The maximum absolute atomic E-state index is 12.0. The van der Waals surface area contributed by atoms with Gasteiger partial charge in [-0.3, -0.25) is 4.98 Å². The Kier molecular flexibility index (Phi) is 4.18. The molecule has 0 atom stereocenters. The van der Waals surface area contributed by atoms with Crippen molar-refractivity contribution in [1.29, 1.82) is 0 Å². The minimum atomic E-state index is -1.000. The van der Waals surface area contributed by atoms with Gasteiger partial charge in [0.1, 0.15) is 6.61 Å². The van der Waals surface area contributed by atoms with E-state index in [0.717, 1.165) is 0 Å². The highest BCUT2D eigenvalue weighted by Crippen LogP contribution is 2.13. The van der Waals surface area contributed by atoms with Gasteiger partial charge in [0, 0.05) is 0 Å². The van der Waals surface area contributed by atoms with Gasteiger partial charge in [-0.05, 0) is 30.7 Å². The fourth-order valence-electron chi connectivity index (χ4n) is 1.73. The summed E-state index contributed by atoms with van der Waals surface area (Å²) >= 11 is 0. The van der Waals surface area contributed by atoms with Crippen molar-refractivity contribution in [2.45, 2.75) is 13.5 Å². The molecule has 1 aromatic carbocycles. The average Bonchev–Trinajstić information content (AvgIpc) is 2.47. The Labute approximate surface area is 121 Å². The highest BCUT2D eigenvalue weighted by molar-refractivity contribution is 5.91. The molecule has 0 aliphatic rings. The number of rotatable bonds is 4. The second-order valence-corrected chi connectivity index (χ2v) is 4.48. The molecule has 0 unspecified atom stereocenters. The number of ether oxygens (including phenoxy) is 1. The number of aryl methyl sites for hydroxylation is 1. The number of carbonyl (C=O) groups excluding carboxylic acids is 1. The van der Waals surface area contributed by atoms with Crippen LogP contribution in [0.15, 0.2) is 36.5 Å². The van der Waals surface area contributed by atoms with E-state index in [1.54, 1.807) is 19.1 Å². The van der Waals surface area contributed by atoms with Crippen molar-refractivity contribution in [3.05, 3.63) is 58.9 Å². The van der Waals surface area contributed by atoms with Crippen molar-refractivity contribution in [3.63, 3.8) is 0 Å². The Morgan fingerprint density at radius 3 is 2.57 bits per heavy atom. The first-order valence-corrected chi connectivity index (χ1v) is 6.19. The van der Waals surface area contributed by atoms with Crippen LogP contribution in [-0.2, 0) is 11.3 Å². The molecule has 1 heterocycles. The normalized spacial score (nSPS) is 10.1. The number of carboxylic acids is 1. The SMILES string of the molecule is Cc1ncc(N)cc1C(=O)OCc1ccc(C(=O)O)cc1. The third-order valence-corrected chi connectivity index (χ3v) is 2.90. The van der Waals surface area contributed by atoms with Crippen LogP contribution in [0.2, 0.25) is 0 Å². The number of benzene rings is 1. The number of nitrogens with two attached hydrogens (primary N) is 1. The number of anilines is 1. The predicted octanol–water partition coefficient (Wildman–Crippen LogP) is 2.03. The first-order chi connectivity index (χ1) is 9.97. The molecule has 0 fully saturated rings. The quantitative estimate of drug-likeness (QED) is 0.834. The molecule has 3 N–H and O–H groups in total. The molecule has 0 saturated carbocycles. The number of esters is 1. The van der Waals surface area contributed by atoms with Gasteiger partial charge in [0.05, 0.1) is 28.7 Å². The monoisotopic (exact) mass is 286 g/mol. The molecule has 2 aromatic rings. The molecule has 0 amide bonds. The average molecular weight is 286 g/mol. The summed E-state index contributed by atoms with van der Waals surface area (Å²) in [5, 5.41) is 8.79. The van der Waals surface area contributed by atoms with Crippen LogP contribution in [0.4, 0.5) is 5.69 Å². The van der Waals surface area contributed by atoms with Crippen molar-refractivity contribution in [3.8, 4) is 0 Å². The number of hydrogen-bond acceptors (Lipinski definition) is 5. The number of carbonyl (C=O) groups is 2. The summed E-state index contributed by atoms with van der Waals surface area (Å²) in [5.74, 6) is -1.52. The van der Waals surface area contributed by atoms with E-state index in [2.05, 4.69) is 4.98 Å². The number of hydrogen-bond donors (Lipinski definition) is 2. The topological polar surface area (TPSA) is 103 Å². The summed E-state index contributed by atoms with van der Waals surface area (Å²) in [5.41, 5.74) is 7.71. The molecule has 0 bridgehead atoms. The Bertz CT molecular complexity index is 681. The van der Waals surface area contributed by atoms with Crippen LogP contribution in [0.1, 0.15) is 32.0 Å². The van der Waals surface area contributed by atoms with Gasteiger partial charge in [-0.15, -0.1) is 0 Å². The Hall–Kier alpha value is -2.89. The molecule has 21 heavy (non-hydrogen) atoms. The van der Waals surface area contributed by atoms with Crippen molar-refractivity contribution in [2.24, 2.45) is 0 Å². The summed E-state index contributed by atoms with van der Waals surface area (Å²) in [6, 6.07) is 7.62. The lowest BCUT2D eigenvalue weighted by atomic mass is 10.1. The van der Waals surface area contributed by atoms with E-state index in [1.807, 2.05) is 0 Å². The first-order valence-electron chi connectivity index (χ1n) is 6.19. The second kappa shape index (κ2) is 6.04. The summed E-state index contributed by atoms with van der Waals surface area (Å²) in [6.45, 7) is 1.74. The fraction of sp³-hybridized carbons (Fsp3) is 0.133. The molecule has 108 valence electrons. The number of nitrogens with zero attached hydrogens (tertiary/aromatic N) is 1. The molecule has 2 rings (SSSR count). The number of aromatic carboxylic acids is 1. The van der Waals surface area contributed by atoms with Crippen LogP contribution in [0.5, 0.6) is 0 Å².